The summed E-state index contributed by atoms with van der Waals surface area (Å²) >= 11 is 0. The zero-order chi connectivity index (χ0) is 9.84. The molecule has 1 aromatic heterocycles. The first kappa shape index (κ1) is 9.77. The third-order valence-electron chi connectivity index (χ3n) is 2.02. The summed E-state index contributed by atoms with van der Waals surface area (Å²) in [6, 6.07) is -0.289. The second kappa shape index (κ2) is 4.07. The molecular formula is C9H14N2O2. The molecule has 13 heavy (non-hydrogen) atoms. The maximum atomic E-state index is 11.2. The van der Waals surface area contributed by atoms with Crippen LogP contribution in [0.4, 0.5) is 0 Å². The van der Waals surface area contributed by atoms with Crippen LogP contribution >= 0.6 is 0 Å². The Morgan fingerprint density at radius 1 is 1.77 bits per heavy atom. The van der Waals surface area contributed by atoms with Crippen molar-refractivity contribution >= 4 is 5.97 Å². The summed E-state index contributed by atoms with van der Waals surface area (Å²) < 4.78 is 6.47. The fourth-order valence-corrected chi connectivity index (χ4v) is 1.25. The van der Waals surface area contributed by atoms with Crippen LogP contribution in [0, 0.1) is 0 Å². The SMILES string of the molecule is CCc1nccn1[C@@H](C)C(=O)OC. The van der Waals surface area contributed by atoms with Crippen LogP contribution in [0.2, 0.25) is 0 Å². The van der Waals surface area contributed by atoms with E-state index in [1.165, 1.54) is 7.11 Å². The third-order valence-corrected chi connectivity index (χ3v) is 2.02. The van der Waals surface area contributed by atoms with E-state index in [0.717, 1.165) is 12.2 Å². The van der Waals surface area contributed by atoms with Crippen LogP contribution in [0.25, 0.3) is 0 Å². The fourth-order valence-electron chi connectivity index (χ4n) is 1.25. The van der Waals surface area contributed by atoms with Crippen molar-refractivity contribution in [3.8, 4) is 0 Å². The molecule has 72 valence electrons. The minimum absolute atomic E-state index is 0.243. The highest BCUT2D eigenvalue weighted by atomic mass is 16.5. The summed E-state index contributed by atoms with van der Waals surface area (Å²) in [7, 11) is 1.39. The van der Waals surface area contributed by atoms with Crippen LogP contribution in [-0.4, -0.2) is 22.6 Å². The Labute approximate surface area is 77.5 Å². The predicted molar refractivity (Wildman–Crippen MR) is 48.3 cm³/mol. The number of imidazole rings is 1. The molecule has 1 rings (SSSR count). The van der Waals surface area contributed by atoms with Crippen molar-refractivity contribution in [3.05, 3.63) is 18.2 Å². The van der Waals surface area contributed by atoms with Crippen molar-refractivity contribution in [2.75, 3.05) is 7.11 Å². The molecule has 0 aromatic carbocycles. The number of ether oxygens (including phenoxy) is 1. The molecule has 0 aliphatic rings. The van der Waals surface area contributed by atoms with Crippen molar-refractivity contribution in [2.45, 2.75) is 26.3 Å². The highest BCUT2D eigenvalue weighted by Gasteiger charge is 2.16. The summed E-state index contributed by atoms with van der Waals surface area (Å²) in [6.07, 6.45) is 4.30. The van der Waals surface area contributed by atoms with Crippen LogP contribution < -0.4 is 0 Å². The van der Waals surface area contributed by atoms with E-state index in [-0.39, 0.29) is 12.0 Å². The van der Waals surface area contributed by atoms with Gasteiger partial charge in [-0.25, -0.2) is 9.78 Å². The standard InChI is InChI=1S/C9H14N2O2/c1-4-8-10-5-6-11(8)7(2)9(12)13-3/h5-7H,4H2,1-3H3/t7-/m0/s1. The van der Waals surface area contributed by atoms with E-state index < -0.39 is 0 Å². The van der Waals surface area contributed by atoms with E-state index >= 15 is 0 Å². The monoisotopic (exact) mass is 182 g/mol. The van der Waals surface area contributed by atoms with Gasteiger partial charge in [-0.3, -0.25) is 0 Å². The molecule has 0 unspecified atom stereocenters. The Balaban J connectivity index is 2.87. The summed E-state index contributed by atoms with van der Waals surface area (Å²) in [6.45, 7) is 3.80. The van der Waals surface area contributed by atoms with Gasteiger partial charge in [-0.15, -0.1) is 0 Å². The van der Waals surface area contributed by atoms with Crippen molar-refractivity contribution < 1.29 is 9.53 Å². The smallest absolute Gasteiger partial charge is 0.328 e. The number of nitrogens with zero attached hydrogens (tertiary/aromatic N) is 2. The lowest BCUT2D eigenvalue weighted by atomic mass is 10.3. The molecule has 4 heteroatoms. The largest absolute Gasteiger partial charge is 0.467 e. The minimum atomic E-state index is -0.289. The van der Waals surface area contributed by atoms with Gasteiger partial charge in [0.05, 0.1) is 7.11 Å². The molecule has 1 aromatic rings. The van der Waals surface area contributed by atoms with Crippen molar-refractivity contribution in [1.29, 1.82) is 0 Å². The number of aryl methyl sites for hydroxylation is 1. The number of carbonyl (C=O) groups is 1. The van der Waals surface area contributed by atoms with Gasteiger partial charge in [0.15, 0.2) is 0 Å². The number of carbonyl (C=O) groups excluding carboxylic acids is 1. The topological polar surface area (TPSA) is 44.1 Å². The number of aromatic nitrogens is 2. The van der Waals surface area contributed by atoms with E-state index in [1.807, 2.05) is 11.5 Å². The van der Waals surface area contributed by atoms with Crippen molar-refractivity contribution in [3.63, 3.8) is 0 Å². The maximum Gasteiger partial charge on any atom is 0.328 e. The molecule has 4 nitrogen and oxygen atoms in total. The number of rotatable bonds is 3. The highest BCUT2D eigenvalue weighted by Crippen LogP contribution is 2.10. The zero-order valence-electron chi connectivity index (χ0n) is 8.15. The van der Waals surface area contributed by atoms with Gasteiger partial charge in [0.25, 0.3) is 0 Å². The van der Waals surface area contributed by atoms with Gasteiger partial charge in [0.2, 0.25) is 0 Å². The average Bonchev–Trinajstić information content (AvgIpc) is 2.62. The van der Waals surface area contributed by atoms with Gasteiger partial charge in [-0.1, -0.05) is 6.92 Å². The molecule has 0 saturated heterocycles. The molecular weight excluding hydrogens is 168 g/mol. The Morgan fingerprint density at radius 3 is 3.00 bits per heavy atom. The van der Waals surface area contributed by atoms with E-state index in [4.69, 9.17) is 0 Å². The zero-order valence-corrected chi connectivity index (χ0v) is 8.15. The van der Waals surface area contributed by atoms with Crippen molar-refractivity contribution in [1.82, 2.24) is 9.55 Å². The van der Waals surface area contributed by atoms with E-state index in [9.17, 15) is 4.79 Å². The predicted octanol–water partition coefficient (Wildman–Crippen LogP) is 1.18. The Hall–Kier alpha value is -1.32. The van der Waals surface area contributed by atoms with Gasteiger partial charge in [0, 0.05) is 18.8 Å². The van der Waals surface area contributed by atoms with Crippen LogP contribution in [0.1, 0.15) is 25.7 Å². The highest BCUT2D eigenvalue weighted by molar-refractivity contribution is 5.73. The van der Waals surface area contributed by atoms with Crippen molar-refractivity contribution in [2.24, 2.45) is 0 Å². The Kier molecular flexibility index (Phi) is 3.06. The lowest BCUT2D eigenvalue weighted by Crippen LogP contribution is -2.18. The average molecular weight is 182 g/mol. The normalized spacial score (nSPS) is 12.5. The maximum absolute atomic E-state index is 11.2. The molecule has 1 atom stereocenters. The summed E-state index contributed by atoms with van der Waals surface area (Å²) in [5.74, 6) is 0.658. The molecule has 0 fully saturated rings. The number of hydrogen-bond donors (Lipinski definition) is 0. The van der Waals surface area contributed by atoms with Crippen LogP contribution in [0.15, 0.2) is 12.4 Å². The Bertz CT molecular complexity index is 294. The first-order valence-electron chi connectivity index (χ1n) is 4.30. The molecule has 0 amide bonds. The second-order valence-corrected chi connectivity index (χ2v) is 2.80. The number of methoxy groups -OCH3 is 1. The molecule has 0 radical (unpaired) electrons. The second-order valence-electron chi connectivity index (χ2n) is 2.80. The quantitative estimate of drug-likeness (QED) is 0.659. The molecule has 0 bridgehead atoms. The van der Waals surface area contributed by atoms with E-state index in [0.29, 0.717) is 0 Å². The first-order valence-corrected chi connectivity index (χ1v) is 4.30. The van der Waals surface area contributed by atoms with E-state index in [1.54, 1.807) is 19.3 Å². The molecule has 0 aliphatic heterocycles. The summed E-state index contributed by atoms with van der Waals surface area (Å²) in [4.78, 5) is 15.3. The lowest BCUT2D eigenvalue weighted by molar-refractivity contribution is -0.144. The first-order chi connectivity index (χ1) is 6.20. The van der Waals surface area contributed by atoms with Crippen LogP contribution in [0.5, 0.6) is 0 Å². The van der Waals surface area contributed by atoms with Gasteiger partial charge in [0.1, 0.15) is 11.9 Å². The molecule has 0 saturated carbocycles. The molecule has 0 spiro atoms. The van der Waals surface area contributed by atoms with Gasteiger partial charge in [-0.05, 0) is 6.92 Å². The van der Waals surface area contributed by atoms with Gasteiger partial charge >= 0.3 is 5.97 Å². The minimum Gasteiger partial charge on any atom is -0.467 e. The van der Waals surface area contributed by atoms with Gasteiger partial charge < -0.3 is 9.30 Å². The number of hydrogen-bond acceptors (Lipinski definition) is 3. The Morgan fingerprint density at radius 2 is 2.46 bits per heavy atom. The molecule has 0 aliphatic carbocycles. The summed E-state index contributed by atoms with van der Waals surface area (Å²) in [5, 5.41) is 0. The lowest BCUT2D eigenvalue weighted by Gasteiger charge is -2.12. The van der Waals surface area contributed by atoms with Crippen LogP contribution in [-0.2, 0) is 16.0 Å². The van der Waals surface area contributed by atoms with Gasteiger partial charge in [-0.2, -0.15) is 0 Å². The summed E-state index contributed by atoms with van der Waals surface area (Å²) in [5.41, 5.74) is 0. The number of esters is 1. The molecule has 0 N–H and O–H groups in total. The fraction of sp³-hybridized carbons (Fsp3) is 0.556. The van der Waals surface area contributed by atoms with Crippen LogP contribution in [0.3, 0.4) is 0 Å². The molecule has 1 heterocycles. The third kappa shape index (κ3) is 1.88. The van der Waals surface area contributed by atoms with E-state index in [2.05, 4.69) is 9.72 Å².